The van der Waals surface area contributed by atoms with E-state index in [4.69, 9.17) is 9.15 Å². The van der Waals surface area contributed by atoms with E-state index >= 15 is 0 Å². The van der Waals surface area contributed by atoms with Crippen molar-refractivity contribution in [2.75, 3.05) is 31.6 Å². The fourth-order valence-electron chi connectivity index (χ4n) is 3.22. The topological polar surface area (TPSA) is 84.7 Å². The van der Waals surface area contributed by atoms with Gasteiger partial charge in [0.15, 0.2) is 5.13 Å². The van der Waals surface area contributed by atoms with Gasteiger partial charge >= 0.3 is 6.18 Å². The van der Waals surface area contributed by atoms with Crippen LogP contribution in [-0.2, 0) is 10.9 Å². The summed E-state index contributed by atoms with van der Waals surface area (Å²) in [6.45, 7) is 3.43. The minimum absolute atomic E-state index is 0.140. The molecule has 1 saturated heterocycles. The van der Waals surface area contributed by atoms with E-state index in [-0.39, 0.29) is 39.4 Å². The van der Waals surface area contributed by atoms with Crippen LogP contribution in [-0.4, -0.2) is 48.0 Å². The Morgan fingerprint density at radius 1 is 1.19 bits per heavy atom. The van der Waals surface area contributed by atoms with Crippen LogP contribution in [0.3, 0.4) is 0 Å². The number of amides is 2. The van der Waals surface area contributed by atoms with Gasteiger partial charge < -0.3 is 14.1 Å². The van der Waals surface area contributed by atoms with Crippen molar-refractivity contribution in [3.05, 3.63) is 58.3 Å². The summed E-state index contributed by atoms with van der Waals surface area (Å²) in [5, 5.41) is 4.40. The predicted molar refractivity (Wildman–Crippen MR) is 111 cm³/mol. The molecule has 0 atom stereocenters. The van der Waals surface area contributed by atoms with Gasteiger partial charge in [-0.05, 0) is 25.1 Å². The first kappa shape index (κ1) is 22.0. The van der Waals surface area contributed by atoms with Crippen molar-refractivity contribution in [1.29, 1.82) is 0 Å². The number of aryl methyl sites for hydroxylation is 1. The van der Waals surface area contributed by atoms with Crippen LogP contribution in [0.1, 0.15) is 32.2 Å². The molecule has 0 unspecified atom stereocenters. The van der Waals surface area contributed by atoms with Crippen LogP contribution in [0.15, 0.2) is 40.1 Å². The molecule has 0 saturated carbocycles. The minimum Gasteiger partial charge on any atom is -0.461 e. The van der Waals surface area contributed by atoms with E-state index in [1.807, 2.05) is 0 Å². The third-order valence-corrected chi connectivity index (χ3v) is 5.64. The Bertz CT molecular complexity index is 1150. The Morgan fingerprint density at radius 3 is 2.66 bits per heavy atom. The van der Waals surface area contributed by atoms with Crippen LogP contribution in [0.5, 0.6) is 0 Å². The molecular formula is C21H18F3N3O4S. The molecule has 2 aromatic heterocycles. The largest absolute Gasteiger partial charge is 0.461 e. The average molecular weight is 465 g/mol. The third kappa shape index (κ3) is 4.68. The predicted octanol–water partition coefficient (Wildman–Crippen LogP) is 4.46. The van der Waals surface area contributed by atoms with Gasteiger partial charge in [0, 0.05) is 24.0 Å². The first-order chi connectivity index (χ1) is 15.2. The summed E-state index contributed by atoms with van der Waals surface area (Å²) in [6, 6.07) is 6.06. The molecule has 3 aromatic rings. The zero-order chi connectivity index (χ0) is 22.9. The summed E-state index contributed by atoms with van der Waals surface area (Å²) in [7, 11) is 0. The number of rotatable bonds is 4. The molecule has 32 heavy (non-hydrogen) atoms. The number of ether oxygens (including phenoxy) is 1. The summed E-state index contributed by atoms with van der Waals surface area (Å²) in [5.74, 6) is -0.391. The number of hydrogen-bond acceptors (Lipinski definition) is 6. The summed E-state index contributed by atoms with van der Waals surface area (Å²) in [5.41, 5.74) is -0.223. The highest BCUT2D eigenvalue weighted by molar-refractivity contribution is 7.14. The summed E-state index contributed by atoms with van der Waals surface area (Å²) < 4.78 is 49.7. The average Bonchev–Trinajstić information content (AvgIpc) is 3.40. The molecule has 0 spiro atoms. The van der Waals surface area contributed by atoms with Gasteiger partial charge in [0.2, 0.25) is 0 Å². The van der Waals surface area contributed by atoms with Gasteiger partial charge in [-0.3, -0.25) is 14.9 Å². The fourth-order valence-corrected chi connectivity index (χ4v) is 3.90. The van der Waals surface area contributed by atoms with Crippen LogP contribution in [0, 0.1) is 6.92 Å². The Balaban J connectivity index is 1.49. The van der Waals surface area contributed by atoms with Gasteiger partial charge in [0.25, 0.3) is 11.8 Å². The maximum absolute atomic E-state index is 13.0. The molecule has 1 fully saturated rings. The Kier molecular flexibility index (Phi) is 6.02. The van der Waals surface area contributed by atoms with E-state index in [1.54, 1.807) is 17.2 Å². The second-order valence-corrected chi connectivity index (χ2v) is 7.91. The van der Waals surface area contributed by atoms with Gasteiger partial charge in [-0.1, -0.05) is 12.1 Å². The molecule has 1 aromatic carbocycles. The number of morpholine rings is 1. The molecule has 11 heteroatoms. The number of hydrogen-bond donors (Lipinski definition) is 1. The SMILES string of the molecule is Cc1oc(-c2cccc(C(F)(F)F)c2)cc1C(=O)Nc1nc(C(=O)N2CCOCC2)cs1. The number of alkyl halides is 3. The van der Waals surface area contributed by atoms with Crippen LogP contribution in [0.4, 0.5) is 18.3 Å². The van der Waals surface area contributed by atoms with Crippen LogP contribution < -0.4 is 5.32 Å². The first-order valence-corrected chi connectivity index (χ1v) is 10.5. The number of carbonyl (C=O) groups is 2. The van der Waals surface area contributed by atoms with Crippen LogP contribution >= 0.6 is 11.3 Å². The molecule has 2 amide bonds. The molecule has 4 rings (SSSR count). The lowest BCUT2D eigenvalue weighted by molar-refractivity contribution is -0.137. The van der Waals surface area contributed by atoms with Crippen molar-refractivity contribution in [2.45, 2.75) is 13.1 Å². The number of benzene rings is 1. The molecule has 168 valence electrons. The zero-order valence-corrected chi connectivity index (χ0v) is 17.7. The molecule has 0 radical (unpaired) electrons. The Labute approximate surface area is 184 Å². The maximum Gasteiger partial charge on any atom is 0.416 e. The standard InChI is InChI=1S/C21H18F3N3O4S/c1-12-15(10-17(31-12)13-3-2-4-14(9-13)21(22,23)24)18(28)26-20-25-16(11-32-20)19(29)27-5-7-30-8-6-27/h2-4,9-11H,5-8H2,1H3,(H,25,26,28). The molecule has 3 heterocycles. The van der Waals surface area contributed by atoms with Crippen molar-refractivity contribution < 1.29 is 31.9 Å². The van der Waals surface area contributed by atoms with Gasteiger partial charge in [0.05, 0.1) is 24.3 Å². The third-order valence-electron chi connectivity index (χ3n) is 4.88. The van der Waals surface area contributed by atoms with Crippen LogP contribution in [0.2, 0.25) is 0 Å². The summed E-state index contributed by atoms with van der Waals surface area (Å²) in [6.07, 6.45) is -4.49. The number of furan rings is 1. The second-order valence-electron chi connectivity index (χ2n) is 7.06. The van der Waals surface area contributed by atoms with Gasteiger partial charge in [-0.25, -0.2) is 4.98 Å². The minimum atomic E-state index is -4.49. The van der Waals surface area contributed by atoms with E-state index in [0.29, 0.717) is 26.3 Å². The molecule has 0 aliphatic carbocycles. The number of nitrogens with zero attached hydrogens (tertiary/aromatic N) is 2. The van der Waals surface area contributed by atoms with Gasteiger partial charge in [0.1, 0.15) is 17.2 Å². The van der Waals surface area contributed by atoms with Crippen molar-refractivity contribution in [2.24, 2.45) is 0 Å². The van der Waals surface area contributed by atoms with Crippen molar-refractivity contribution in [3.63, 3.8) is 0 Å². The van der Waals surface area contributed by atoms with E-state index in [0.717, 1.165) is 23.5 Å². The molecule has 1 N–H and O–H groups in total. The first-order valence-electron chi connectivity index (χ1n) is 9.64. The highest BCUT2D eigenvalue weighted by Gasteiger charge is 2.31. The van der Waals surface area contributed by atoms with E-state index in [1.165, 1.54) is 18.2 Å². The van der Waals surface area contributed by atoms with E-state index < -0.39 is 17.6 Å². The number of anilines is 1. The van der Waals surface area contributed by atoms with Crippen molar-refractivity contribution in [1.82, 2.24) is 9.88 Å². The molecule has 0 bridgehead atoms. The molecular weight excluding hydrogens is 447 g/mol. The number of halogens is 3. The normalized spacial score (nSPS) is 14.4. The lowest BCUT2D eigenvalue weighted by atomic mass is 10.1. The van der Waals surface area contributed by atoms with Crippen molar-refractivity contribution >= 4 is 28.3 Å². The van der Waals surface area contributed by atoms with Crippen LogP contribution in [0.25, 0.3) is 11.3 Å². The van der Waals surface area contributed by atoms with E-state index in [2.05, 4.69) is 10.3 Å². The quantitative estimate of drug-likeness (QED) is 0.615. The Morgan fingerprint density at radius 2 is 1.94 bits per heavy atom. The molecule has 1 aliphatic rings. The Hall–Kier alpha value is -3.18. The summed E-state index contributed by atoms with van der Waals surface area (Å²) >= 11 is 1.10. The monoisotopic (exact) mass is 465 g/mol. The van der Waals surface area contributed by atoms with Gasteiger partial charge in [-0.2, -0.15) is 13.2 Å². The highest BCUT2D eigenvalue weighted by Crippen LogP contribution is 2.33. The molecule has 1 aliphatic heterocycles. The molecule has 7 nitrogen and oxygen atoms in total. The highest BCUT2D eigenvalue weighted by atomic mass is 32.1. The number of carbonyl (C=O) groups excluding carboxylic acids is 2. The van der Waals surface area contributed by atoms with Gasteiger partial charge in [-0.15, -0.1) is 11.3 Å². The number of nitrogens with one attached hydrogen (secondary N) is 1. The summed E-state index contributed by atoms with van der Waals surface area (Å²) in [4.78, 5) is 31.0. The smallest absolute Gasteiger partial charge is 0.416 e. The fraction of sp³-hybridized carbons (Fsp3) is 0.286. The van der Waals surface area contributed by atoms with E-state index in [9.17, 15) is 22.8 Å². The van der Waals surface area contributed by atoms with Crippen molar-refractivity contribution in [3.8, 4) is 11.3 Å². The number of aromatic nitrogens is 1. The maximum atomic E-state index is 13.0. The number of thiazole rings is 1. The lowest BCUT2D eigenvalue weighted by Crippen LogP contribution is -2.40. The lowest BCUT2D eigenvalue weighted by Gasteiger charge is -2.25. The second kappa shape index (κ2) is 8.75. The zero-order valence-electron chi connectivity index (χ0n) is 16.9.